The largest absolute Gasteiger partial charge is 0.484 e. The molecule has 0 atom stereocenters. The van der Waals surface area contributed by atoms with Crippen molar-refractivity contribution in [1.82, 2.24) is 5.32 Å². The molecule has 2 N–H and O–H groups in total. The van der Waals surface area contributed by atoms with Gasteiger partial charge in [0.2, 0.25) is 0 Å². The number of thiocarbonyl (C=S) groups is 1. The molecule has 2 rings (SSSR count). The van der Waals surface area contributed by atoms with Gasteiger partial charge >= 0.3 is 5.97 Å². The van der Waals surface area contributed by atoms with E-state index in [-0.39, 0.29) is 11.7 Å². The topological polar surface area (TPSA) is 76.7 Å². The number of methoxy groups -OCH3 is 1. The molecule has 27 heavy (non-hydrogen) atoms. The number of carbonyl (C=O) groups is 2. The molecule has 0 spiro atoms. The van der Waals surface area contributed by atoms with Gasteiger partial charge in [0, 0.05) is 10.7 Å². The zero-order chi connectivity index (χ0) is 20.0. The van der Waals surface area contributed by atoms with Crippen molar-refractivity contribution in [3.05, 3.63) is 58.1 Å². The first-order valence-electron chi connectivity index (χ1n) is 7.99. The second kappa shape index (κ2) is 9.34. The molecule has 0 aliphatic rings. The Morgan fingerprint density at radius 3 is 2.26 bits per heavy atom. The maximum Gasteiger partial charge on any atom is 0.337 e. The molecule has 0 saturated heterocycles. The van der Waals surface area contributed by atoms with Crippen LogP contribution in [-0.4, -0.2) is 30.7 Å². The number of aryl methyl sites for hydroxylation is 2. The number of hydrogen-bond donors (Lipinski definition) is 2. The number of halogens is 1. The van der Waals surface area contributed by atoms with E-state index in [1.165, 1.54) is 7.11 Å². The average Bonchev–Trinajstić information content (AvgIpc) is 2.64. The highest BCUT2D eigenvalue weighted by Crippen LogP contribution is 2.25. The molecule has 0 aliphatic heterocycles. The molecule has 1 amide bonds. The summed E-state index contributed by atoms with van der Waals surface area (Å²) in [6.45, 7) is 3.54. The molecule has 0 radical (unpaired) electrons. The van der Waals surface area contributed by atoms with Gasteiger partial charge in [-0.3, -0.25) is 10.1 Å². The summed E-state index contributed by atoms with van der Waals surface area (Å²) < 4.78 is 10.1. The number of nitrogens with one attached hydrogen (secondary N) is 2. The van der Waals surface area contributed by atoms with E-state index in [2.05, 4.69) is 15.4 Å². The van der Waals surface area contributed by atoms with Crippen molar-refractivity contribution < 1.29 is 19.1 Å². The van der Waals surface area contributed by atoms with Gasteiger partial charge in [-0.1, -0.05) is 11.6 Å². The number of amides is 1. The van der Waals surface area contributed by atoms with Crippen LogP contribution in [0.25, 0.3) is 0 Å². The first-order chi connectivity index (χ1) is 12.8. The number of benzene rings is 2. The maximum atomic E-state index is 12.0. The van der Waals surface area contributed by atoms with Crippen LogP contribution >= 0.6 is 23.8 Å². The Balaban J connectivity index is 1.85. The van der Waals surface area contributed by atoms with Gasteiger partial charge in [-0.15, -0.1) is 0 Å². The van der Waals surface area contributed by atoms with Gasteiger partial charge in [0.25, 0.3) is 5.91 Å². The van der Waals surface area contributed by atoms with Gasteiger partial charge in [-0.2, -0.15) is 0 Å². The van der Waals surface area contributed by atoms with E-state index in [0.29, 0.717) is 22.0 Å². The molecule has 0 aliphatic carbocycles. The Morgan fingerprint density at radius 1 is 1.11 bits per heavy atom. The quantitative estimate of drug-likeness (QED) is 0.583. The molecular formula is C19H19ClN2O4S. The molecule has 0 unspecified atom stereocenters. The second-order valence-electron chi connectivity index (χ2n) is 5.73. The van der Waals surface area contributed by atoms with Gasteiger partial charge < -0.3 is 14.8 Å². The minimum atomic E-state index is -0.428. The Kier molecular flexibility index (Phi) is 7.15. The highest BCUT2D eigenvalue weighted by atomic mass is 35.5. The molecule has 0 fully saturated rings. The van der Waals surface area contributed by atoms with E-state index >= 15 is 0 Å². The summed E-state index contributed by atoms with van der Waals surface area (Å²) in [7, 11) is 1.31. The van der Waals surface area contributed by atoms with Crippen molar-refractivity contribution in [2.75, 3.05) is 19.0 Å². The van der Waals surface area contributed by atoms with Crippen LogP contribution in [0.4, 0.5) is 5.69 Å². The van der Waals surface area contributed by atoms with Crippen LogP contribution in [0.3, 0.4) is 0 Å². The maximum absolute atomic E-state index is 12.0. The van der Waals surface area contributed by atoms with Gasteiger partial charge in [-0.25, -0.2) is 4.79 Å². The number of rotatable bonds is 5. The van der Waals surface area contributed by atoms with Gasteiger partial charge in [0.1, 0.15) is 5.75 Å². The highest BCUT2D eigenvalue weighted by Gasteiger charge is 2.09. The zero-order valence-electron chi connectivity index (χ0n) is 15.1. The van der Waals surface area contributed by atoms with E-state index in [4.69, 9.17) is 28.6 Å². The van der Waals surface area contributed by atoms with Crippen LogP contribution in [0.15, 0.2) is 36.4 Å². The van der Waals surface area contributed by atoms with Gasteiger partial charge in [0.05, 0.1) is 12.7 Å². The Hall–Kier alpha value is -2.64. The smallest absolute Gasteiger partial charge is 0.337 e. The average molecular weight is 407 g/mol. The standard InChI is InChI=1S/C19H19ClN2O4S/c1-11-8-15(9-12(2)17(11)20)26-10-16(23)22-19(27)21-14-6-4-13(5-7-14)18(24)25-3/h4-9H,10H2,1-3H3,(H2,21,22,23,27). The molecule has 0 aromatic heterocycles. The summed E-state index contributed by atoms with van der Waals surface area (Å²) in [5, 5.41) is 6.18. The molecular weight excluding hydrogens is 388 g/mol. The van der Waals surface area contributed by atoms with Crippen molar-refractivity contribution in [3.63, 3.8) is 0 Å². The first-order valence-corrected chi connectivity index (χ1v) is 8.77. The highest BCUT2D eigenvalue weighted by molar-refractivity contribution is 7.80. The Morgan fingerprint density at radius 2 is 1.70 bits per heavy atom. The van der Waals surface area contributed by atoms with Gasteiger partial charge in [0.15, 0.2) is 11.7 Å². The summed E-state index contributed by atoms with van der Waals surface area (Å²) >= 11 is 11.2. The van der Waals surface area contributed by atoms with Crippen LogP contribution in [0.2, 0.25) is 5.02 Å². The normalized spacial score (nSPS) is 10.1. The van der Waals surface area contributed by atoms with Crippen molar-refractivity contribution in [3.8, 4) is 5.75 Å². The van der Waals surface area contributed by atoms with Crippen LogP contribution < -0.4 is 15.4 Å². The lowest BCUT2D eigenvalue weighted by Crippen LogP contribution is -2.37. The zero-order valence-corrected chi connectivity index (χ0v) is 16.7. The van der Waals surface area contributed by atoms with E-state index in [1.54, 1.807) is 36.4 Å². The van der Waals surface area contributed by atoms with E-state index < -0.39 is 11.9 Å². The molecule has 2 aromatic rings. The third kappa shape index (κ3) is 5.94. The lowest BCUT2D eigenvalue weighted by molar-refractivity contribution is -0.121. The predicted molar refractivity (Wildman–Crippen MR) is 109 cm³/mol. The van der Waals surface area contributed by atoms with Crippen LogP contribution in [0, 0.1) is 13.8 Å². The number of carbonyl (C=O) groups excluding carboxylic acids is 2. The Bertz CT molecular complexity index is 846. The molecule has 142 valence electrons. The number of esters is 1. The summed E-state index contributed by atoms with van der Waals surface area (Å²) in [5.74, 6) is -0.270. The monoisotopic (exact) mass is 406 g/mol. The fourth-order valence-electron chi connectivity index (χ4n) is 2.27. The summed E-state index contributed by atoms with van der Waals surface area (Å²) in [6, 6.07) is 10.0. The van der Waals surface area contributed by atoms with Crippen molar-refractivity contribution >= 4 is 46.5 Å². The third-order valence-corrected chi connectivity index (χ3v) is 4.40. The third-order valence-electron chi connectivity index (χ3n) is 3.60. The molecule has 0 heterocycles. The minimum absolute atomic E-state index is 0.123. The fraction of sp³-hybridized carbons (Fsp3) is 0.211. The summed E-state index contributed by atoms with van der Waals surface area (Å²) in [5.41, 5.74) is 2.79. The summed E-state index contributed by atoms with van der Waals surface area (Å²) in [4.78, 5) is 23.4. The van der Waals surface area contributed by atoms with Crippen molar-refractivity contribution in [2.45, 2.75) is 13.8 Å². The van der Waals surface area contributed by atoms with Crippen molar-refractivity contribution in [2.24, 2.45) is 0 Å². The lowest BCUT2D eigenvalue weighted by atomic mass is 10.1. The SMILES string of the molecule is COC(=O)c1ccc(NC(=S)NC(=O)COc2cc(C)c(Cl)c(C)c2)cc1. The number of hydrogen-bond acceptors (Lipinski definition) is 5. The Labute approximate surface area is 167 Å². The minimum Gasteiger partial charge on any atom is -0.484 e. The molecule has 0 saturated carbocycles. The molecule has 2 aromatic carbocycles. The van der Waals surface area contributed by atoms with E-state index in [1.807, 2.05) is 13.8 Å². The van der Waals surface area contributed by atoms with Crippen LogP contribution in [-0.2, 0) is 9.53 Å². The van der Waals surface area contributed by atoms with E-state index in [9.17, 15) is 9.59 Å². The summed E-state index contributed by atoms with van der Waals surface area (Å²) in [6.07, 6.45) is 0. The number of anilines is 1. The molecule has 0 bridgehead atoms. The van der Waals surface area contributed by atoms with Crippen molar-refractivity contribution in [1.29, 1.82) is 0 Å². The molecule has 8 heteroatoms. The van der Waals surface area contributed by atoms with Crippen LogP contribution in [0.5, 0.6) is 5.75 Å². The van der Waals surface area contributed by atoms with Crippen LogP contribution in [0.1, 0.15) is 21.5 Å². The first kappa shape index (κ1) is 20.7. The lowest BCUT2D eigenvalue weighted by Gasteiger charge is -2.12. The predicted octanol–water partition coefficient (Wildman–Crippen LogP) is 3.64. The molecule has 6 nitrogen and oxygen atoms in total. The van der Waals surface area contributed by atoms with Gasteiger partial charge in [-0.05, 0) is 73.6 Å². The second-order valence-corrected chi connectivity index (χ2v) is 6.52. The van der Waals surface area contributed by atoms with E-state index in [0.717, 1.165) is 11.1 Å². The fourth-order valence-corrected chi connectivity index (χ4v) is 2.61. The number of ether oxygens (including phenoxy) is 2.